The predicted molar refractivity (Wildman–Crippen MR) is 89.4 cm³/mol. The first-order chi connectivity index (χ1) is 10.9. The standard InChI is InChI=1S/C15H11Cl2FN2O2S/c16-11-4-2-1-3-9(11)5-6-10-12(18)7-8-13-14(10)19-15(17)20-23(13,21)22/h1-4,7-8H,5-6H2,(H,19,20). The predicted octanol–water partition coefficient (Wildman–Crippen LogP) is 3.97. The van der Waals surface area contributed by atoms with E-state index in [0.29, 0.717) is 11.4 Å². The van der Waals surface area contributed by atoms with Crippen molar-refractivity contribution in [2.24, 2.45) is 4.40 Å². The van der Waals surface area contributed by atoms with E-state index in [1.165, 1.54) is 6.07 Å². The van der Waals surface area contributed by atoms with E-state index < -0.39 is 15.8 Å². The van der Waals surface area contributed by atoms with Gasteiger partial charge in [-0.25, -0.2) is 4.39 Å². The SMILES string of the molecule is O=S1(=O)N=C(Cl)Nc2c1ccc(F)c2CCc1ccccc1Cl. The first-order valence-corrected chi connectivity index (χ1v) is 8.90. The quantitative estimate of drug-likeness (QED) is 0.829. The Morgan fingerprint density at radius 2 is 1.83 bits per heavy atom. The molecule has 0 aromatic heterocycles. The second kappa shape index (κ2) is 6.11. The van der Waals surface area contributed by atoms with Gasteiger partial charge in [-0.05, 0) is 48.2 Å². The zero-order valence-corrected chi connectivity index (χ0v) is 14.0. The van der Waals surface area contributed by atoms with Crippen LogP contribution in [-0.4, -0.2) is 13.7 Å². The molecule has 0 bridgehead atoms. The molecule has 120 valence electrons. The van der Waals surface area contributed by atoms with Crippen molar-refractivity contribution in [2.45, 2.75) is 17.7 Å². The minimum Gasteiger partial charge on any atom is -0.328 e. The number of halogens is 3. The van der Waals surface area contributed by atoms with Crippen LogP contribution in [0, 0.1) is 5.82 Å². The van der Waals surface area contributed by atoms with Crippen molar-refractivity contribution in [3.8, 4) is 0 Å². The van der Waals surface area contributed by atoms with Gasteiger partial charge in [-0.1, -0.05) is 29.8 Å². The summed E-state index contributed by atoms with van der Waals surface area (Å²) in [6, 6.07) is 9.53. The molecule has 0 fully saturated rings. The molecule has 0 aliphatic carbocycles. The summed E-state index contributed by atoms with van der Waals surface area (Å²) < 4.78 is 41.6. The molecule has 0 saturated carbocycles. The number of benzene rings is 2. The molecule has 1 aliphatic rings. The highest BCUT2D eigenvalue weighted by Crippen LogP contribution is 2.34. The van der Waals surface area contributed by atoms with Crippen LogP contribution in [0.5, 0.6) is 0 Å². The Morgan fingerprint density at radius 1 is 1.09 bits per heavy atom. The maximum absolute atomic E-state index is 14.2. The number of rotatable bonds is 3. The number of aryl methyl sites for hydroxylation is 1. The van der Waals surface area contributed by atoms with E-state index in [1.54, 1.807) is 12.1 Å². The van der Waals surface area contributed by atoms with Crippen LogP contribution >= 0.6 is 23.2 Å². The van der Waals surface area contributed by atoms with E-state index in [1.807, 2.05) is 12.1 Å². The molecule has 8 heteroatoms. The van der Waals surface area contributed by atoms with Crippen molar-refractivity contribution < 1.29 is 12.8 Å². The second-order valence-corrected chi connectivity index (χ2v) is 7.31. The topological polar surface area (TPSA) is 58.5 Å². The maximum Gasteiger partial charge on any atom is 0.287 e. The van der Waals surface area contributed by atoms with Crippen LogP contribution in [-0.2, 0) is 22.9 Å². The van der Waals surface area contributed by atoms with Gasteiger partial charge in [0.25, 0.3) is 10.0 Å². The number of nitrogens with zero attached hydrogens (tertiary/aromatic N) is 1. The van der Waals surface area contributed by atoms with Gasteiger partial charge in [0.15, 0.2) is 0 Å². The Labute approximate surface area is 143 Å². The van der Waals surface area contributed by atoms with E-state index in [-0.39, 0.29) is 27.9 Å². The molecule has 0 atom stereocenters. The summed E-state index contributed by atoms with van der Waals surface area (Å²) in [5, 5.41) is 2.92. The van der Waals surface area contributed by atoms with Gasteiger partial charge in [0.1, 0.15) is 10.7 Å². The van der Waals surface area contributed by atoms with Crippen molar-refractivity contribution >= 4 is 44.2 Å². The molecule has 0 amide bonds. The normalized spacial score (nSPS) is 15.5. The van der Waals surface area contributed by atoms with E-state index >= 15 is 0 Å². The molecular weight excluding hydrogens is 362 g/mol. The largest absolute Gasteiger partial charge is 0.328 e. The molecule has 2 aromatic carbocycles. The minimum absolute atomic E-state index is 0.0857. The molecule has 4 nitrogen and oxygen atoms in total. The lowest BCUT2D eigenvalue weighted by Crippen LogP contribution is -2.19. The lowest BCUT2D eigenvalue weighted by Gasteiger charge is -2.19. The highest BCUT2D eigenvalue weighted by Gasteiger charge is 2.27. The average molecular weight is 373 g/mol. The number of amidine groups is 1. The molecule has 0 radical (unpaired) electrons. The van der Waals surface area contributed by atoms with Crippen LogP contribution in [0.4, 0.5) is 10.1 Å². The molecule has 3 rings (SSSR count). The zero-order valence-electron chi connectivity index (χ0n) is 11.7. The Hall–Kier alpha value is -1.63. The number of anilines is 1. The van der Waals surface area contributed by atoms with Crippen LogP contribution < -0.4 is 5.32 Å². The summed E-state index contributed by atoms with van der Waals surface area (Å²) in [6.45, 7) is 0. The summed E-state index contributed by atoms with van der Waals surface area (Å²) in [4.78, 5) is -0.0857. The molecule has 1 aliphatic heterocycles. The van der Waals surface area contributed by atoms with Crippen molar-refractivity contribution in [3.05, 3.63) is 58.4 Å². The molecular formula is C15H11Cl2FN2O2S. The molecule has 1 N–H and O–H groups in total. The highest BCUT2D eigenvalue weighted by atomic mass is 35.5. The van der Waals surface area contributed by atoms with E-state index in [0.717, 1.165) is 11.6 Å². The Bertz CT molecular complexity index is 914. The van der Waals surface area contributed by atoms with Crippen LogP contribution in [0.3, 0.4) is 0 Å². The van der Waals surface area contributed by atoms with Crippen molar-refractivity contribution in [3.63, 3.8) is 0 Å². The van der Waals surface area contributed by atoms with Gasteiger partial charge in [-0.2, -0.15) is 8.42 Å². The smallest absolute Gasteiger partial charge is 0.287 e. The third kappa shape index (κ3) is 3.20. The van der Waals surface area contributed by atoms with Gasteiger partial charge in [-0.3, -0.25) is 0 Å². The van der Waals surface area contributed by atoms with Gasteiger partial charge in [0.2, 0.25) is 5.29 Å². The molecule has 2 aromatic rings. The summed E-state index contributed by atoms with van der Waals surface area (Å²) in [5.41, 5.74) is 1.22. The Kier molecular flexibility index (Phi) is 4.31. The van der Waals surface area contributed by atoms with Crippen LogP contribution in [0.25, 0.3) is 0 Å². The van der Waals surface area contributed by atoms with Crippen LogP contribution in [0.2, 0.25) is 5.02 Å². The Morgan fingerprint density at radius 3 is 2.57 bits per heavy atom. The lowest BCUT2D eigenvalue weighted by molar-refractivity contribution is 0.593. The average Bonchev–Trinajstić information content (AvgIpc) is 2.46. The number of hydrogen-bond donors (Lipinski definition) is 1. The Balaban J connectivity index is 2.00. The number of hydrogen-bond acceptors (Lipinski definition) is 3. The monoisotopic (exact) mass is 372 g/mol. The van der Waals surface area contributed by atoms with E-state index in [2.05, 4.69) is 9.71 Å². The van der Waals surface area contributed by atoms with Gasteiger partial charge in [0.05, 0.1) is 5.69 Å². The molecule has 0 saturated heterocycles. The van der Waals surface area contributed by atoms with E-state index in [4.69, 9.17) is 23.2 Å². The zero-order chi connectivity index (χ0) is 16.6. The summed E-state index contributed by atoms with van der Waals surface area (Å²) >= 11 is 11.8. The first-order valence-electron chi connectivity index (χ1n) is 6.71. The number of sulfonamides is 1. The molecule has 0 spiro atoms. The molecule has 23 heavy (non-hydrogen) atoms. The van der Waals surface area contributed by atoms with Crippen molar-refractivity contribution in [1.82, 2.24) is 0 Å². The van der Waals surface area contributed by atoms with Gasteiger partial charge in [0, 0.05) is 10.6 Å². The lowest BCUT2D eigenvalue weighted by atomic mass is 10.0. The fourth-order valence-electron chi connectivity index (χ4n) is 2.44. The third-order valence-electron chi connectivity index (χ3n) is 3.53. The summed E-state index contributed by atoms with van der Waals surface area (Å²) in [5.74, 6) is -0.509. The maximum atomic E-state index is 14.2. The first kappa shape index (κ1) is 16.2. The van der Waals surface area contributed by atoms with Crippen LogP contribution in [0.15, 0.2) is 45.7 Å². The van der Waals surface area contributed by atoms with Crippen LogP contribution in [0.1, 0.15) is 11.1 Å². The van der Waals surface area contributed by atoms with E-state index in [9.17, 15) is 12.8 Å². The number of fused-ring (bicyclic) bond motifs is 1. The highest BCUT2D eigenvalue weighted by molar-refractivity contribution is 7.90. The third-order valence-corrected chi connectivity index (χ3v) is 5.49. The number of nitrogens with one attached hydrogen (secondary N) is 1. The minimum atomic E-state index is -3.92. The van der Waals surface area contributed by atoms with Gasteiger partial charge < -0.3 is 5.32 Å². The fourth-order valence-corrected chi connectivity index (χ4v) is 4.06. The van der Waals surface area contributed by atoms with Gasteiger partial charge in [-0.15, -0.1) is 4.40 Å². The van der Waals surface area contributed by atoms with Crippen molar-refractivity contribution in [1.29, 1.82) is 0 Å². The van der Waals surface area contributed by atoms with Crippen molar-refractivity contribution in [2.75, 3.05) is 5.32 Å². The molecule has 1 heterocycles. The fraction of sp³-hybridized carbons (Fsp3) is 0.133. The second-order valence-electron chi connectivity index (χ2n) is 4.97. The molecule has 0 unspecified atom stereocenters. The summed E-state index contributed by atoms with van der Waals surface area (Å²) in [6.07, 6.45) is 0.731. The van der Waals surface area contributed by atoms with Gasteiger partial charge >= 0.3 is 0 Å². The summed E-state index contributed by atoms with van der Waals surface area (Å²) in [7, 11) is -3.92.